The predicted octanol–water partition coefficient (Wildman–Crippen LogP) is 2.02. The number of alkyl halides is 3. The van der Waals surface area contributed by atoms with Crippen LogP contribution in [-0.4, -0.2) is 23.1 Å². The van der Waals surface area contributed by atoms with Crippen LogP contribution in [-0.2, 0) is 6.18 Å². The fourth-order valence-electron chi connectivity index (χ4n) is 2.41. The number of halogens is 3. The van der Waals surface area contributed by atoms with Gasteiger partial charge in [-0.2, -0.15) is 13.2 Å². The third-order valence-electron chi connectivity index (χ3n) is 3.50. The first kappa shape index (κ1) is 13.1. The van der Waals surface area contributed by atoms with E-state index in [2.05, 4.69) is 15.3 Å². The van der Waals surface area contributed by atoms with Crippen molar-refractivity contribution in [2.75, 3.05) is 13.1 Å². The van der Waals surface area contributed by atoms with Crippen LogP contribution in [0.3, 0.4) is 0 Å². The molecule has 106 valence electrons. The quantitative estimate of drug-likeness (QED) is 0.842. The van der Waals surface area contributed by atoms with Crippen molar-refractivity contribution in [3.8, 4) is 0 Å². The van der Waals surface area contributed by atoms with E-state index in [1.54, 1.807) is 0 Å². The van der Waals surface area contributed by atoms with Gasteiger partial charge >= 0.3 is 6.18 Å². The molecule has 4 nitrogen and oxygen atoms in total. The summed E-state index contributed by atoms with van der Waals surface area (Å²) in [6, 6.07) is 3.04. The lowest BCUT2D eigenvalue weighted by atomic mass is 10.1. The van der Waals surface area contributed by atoms with E-state index in [1.807, 2.05) is 0 Å². The highest BCUT2D eigenvalue weighted by Crippen LogP contribution is 2.30. The van der Waals surface area contributed by atoms with Gasteiger partial charge in [-0.15, -0.1) is 0 Å². The van der Waals surface area contributed by atoms with Crippen LogP contribution in [0.4, 0.5) is 13.2 Å². The normalized spacial score (nSPS) is 19.6. The van der Waals surface area contributed by atoms with Crippen molar-refractivity contribution in [2.45, 2.75) is 18.5 Å². The zero-order valence-electron chi connectivity index (χ0n) is 10.4. The molecule has 0 saturated carbocycles. The van der Waals surface area contributed by atoms with Crippen LogP contribution >= 0.6 is 0 Å². The molecule has 2 N–H and O–H groups in total. The number of aromatic nitrogens is 2. The molecule has 0 bridgehead atoms. The first-order chi connectivity index (χ1) is 9.45. The zero-order valence-corrected chi connectivity index (χ0v) is 10.4. The number of rotatable bonds is 1. The number of hydrogen-bond acceptors (Lipinski definition) is 3. The summed E-state index contributed by atoms with van der Waals surface area (Å²) >= 11 is 0. The summed E-state index contributed by atoms with van der Waals surface area (Å²) in [5.74, 6) is 0.640. The second kappa shape index (κ2) is 4.59. The maximum Gasteiger partial charge on any atom is 0.416 e. The molecule has 0 spiro atoms. The van der Waals surface area contributed by atoms with E-state index in [0.29, 0.717) is 11.3 Å². The van der Waals surface area contributed by atoms with Gasteiger partial charge in [-0.1, -0.05) is 0 Å². The third-order valence-corrected chi connectivity index (χ3v) is 3.50. The van der Waals surface area contributed by atoms with Crippen molar-refractivity contribution < 1.29 is 13.2 Å². The summed E-state index contributed by atoms with van der Waals surface area (Å²) in [7, 11) is 0. The van der Waals surface area contributed by atoms with E-state index in [9.17, 15) is 18.0 Å². The maximum absolute atomic E-state index is 12.6. The first-order valence-corrected chi connectivity index (χ1v) is 6.27. The van der Waals surface area contributed by atoms with Crippen molar-refractivity contribution in [2.24, 2.45) is 0 Å². The zero-order chi connectivity index (χ0) is 14.3. The number of hydrogen-bond donors (Lipinski definition) is 2. The highest BCUT2D eigenvalue weighted by molar-refractivity contribution is 5.78. The van der Waals surface area contributed by atoms with Crippen LogP contribution in [0.1, 0.15) is 23.7 Å². The standard InChI is InChI=1S/C13H12F3N3O/c14-13(15,16)8-1-2-10-9(5-8)12(20)19-11(18-10)7-3-4-17-6-7/h1-2,5,7,17H,3-4,6H2,(H,18,19,20). The van der Waals surface area contributed by atoms with Gasteiger partial charge < -0.3 is 10.3 Å². The Labute approximate surface area is 112 Å². The SMILES string of the molecule is O=c1[nH]c(C2CCNC2)nc2ccc(C(F)(F)F)cc12. The highest BCUT2D eigenvalue weighted by atomic mass is 19.4. The number of H-pyrrole nitrogens is 1. The average Bonchev–Trinajstić information content (AvgIpc) is 2.91. The number of benzene rings is 1. The molecule has 1 unspecified atom stereocenters. The molecule has 3 rings (SSSR count). The number of fused-ring (bicyclic) bond motifs is 1. The Morgan fingerprint density at radius 1 is 1.30 bits per heavy atom. The van der Waals surface area contributed by atoms with E-state index in [0.717, 1.165) is 31.6 Å². The van der Waals surface area contributed by atoms with Crippen LogP contribution in [0.15, 0.2) is 23.0 Å². The van der Waals surface area contributed by atoms with Crippen LogP contribution in [0, 0.1) is 0 Å². The lowest BCUT2D eigenvalue weighted by Crippen LogP contribution is -2.17. The Morgan fingerprint density at radius 2 is 2.10 bits per heavy atom. The molecular weight excluding hydrogens is 271 g/mol. The van der Waals surface area contributed by atoms with E-state index >= 15 is 0 Å². The average molecular weight is 283 g/mol. The monoisotopic (exact) mass is 283 g/mol. The lowest BCUT2D eigenvalue weighted by Gasteiger charge is -2.10. The van der Waals surface area contributed by atoms with Gasteiger partial charge in [0.25, 0.3) is 5.56 Å². The molecule has 1 aliphatic heterocycles. The molecule has 1 aliphatic rings. The Bertz CT molecular complexity index is 702. The van der Waals surface area contributed by atoms with Gasteiger partial charge in [-0.25, -0.2) is 4.98 Å². The van der Waals surface area contributed by atoms with Crippen LogP contribution in [0.5, 0.6) is 0 Å². The van der Waals surface area contributed by atoms with Crippen molar-refractivity contribution in [1.82, 2.24) is 15.3 Å². The van der Waals surface area contributed by atoms with Gasteiger partial charge in [-0.05, 0) is 31.2 Å². The number of nitrogens with zero attached hydrogens (tertiary/aromatic N) is 1. The Hall–Kier alpha value is -1.89. The Balaban J connectivity index is 2.12. The van der Waals surface area contributed by atoms with Crippen molar-refractivity contribution in [1.29, 1.82) is 0 Å². The van der Waals surface area contributed by atoms with Crippen LogP contribution in [0.2, 0.25) is 0 Å². The molecule has 0 amide bonds. The smallest absolute Gasteiger partial charge is 0.316 e. The van der Waals surface area contributed by atoms with Crippen molar-refractivity contribution in [3.05, 3.63) is 39.9 Å². The van der Waals surface area contributed by atoms with Gasteiger partial charge in [0.15, 0.2) is 0 Å². The summed E-state index contributed by atoms with van der Waals surface area (Å²) in [5, 5.41) is 3.12. The third kappa shape index (κ3) is 2.29. The van der Waals surface area contributed by atoms with Gasteiger partial charge in [0.05, 0.1) is 16.5 Å². The number of aromatic amines is 1. The second-order valence-electron chi connectivity index (χ2n) is 4.87. The minimum absolute atomic E-state index is 0.0328. The van der Waals surface area contributed by atoms with Crippen molar-refractivity contribution >= 4 is 10.9 Å². The summed E-state index contributed by atoms with van der Waals surface area (Å²) in [6.07, 6.45) is -3.61. The topological polar surface area (TPSA) is 57.8 Å². The molecule has 7 heteroatoms. The predicted molar refractivity (Wildman–Crippen MR) is 67.6 cm³/mol. The molecule has 1 aromatic heterocycles. The molecule has 1 saturated heterocycles. The molecule has 1 aromatic carbocycles. The summed E-state index contributed by atoms with van der Waals surface area (Å²) in [5.41, 5.74) is -1.07. The van der Waals surface area contributed by atoms with Crippen LogP contribution in [0.25, 0.3) is 10.9 Å². The first-order valence-electron chi connectivity index (χ1n) is 6.27. The van der Waals surface area contributed by atoms with E-state index in [1.165, 1.54) is 6.07 Å². The molecular formula is C13H12F3N3O. The summed E-state index contributed by atoms with van der Waals surface area (Å²) in [4.78, 5) is 18.8. The minimum atomic E-state index is -4.46. The maximum atomic E-state index is 12.6. The molecule has 0 aliphatic carbocycles. The lowest BCUT2D eigenvalue weighted by molar-refractivity contribution is -0.137. The Kier molecular flexibility index (Phi) is 3.01. The molecule has 2 aromatic rings. The molecule has 20 heavy (non-hydrogen) atoms. The fourth-order valence-corrected chi connectivity index (χ4v) is 2.41. The van der Waals surface area contributed by atoms with Gasteiger partial charge in [0.1, 0.15) is 5.82 Å². The van der Waals surface area contributed by atoms with Gasteiger partial charge in [-0.3, -0.25) is 4.79 Å². The largest absolute Gasteiger partial charge is 0.416 e. The summed E-state index contributed by atoms with van der Waals surface area (Å²) < 4.78 is 37.9. The van der Waals surface area contributed by atoms with Gasteiger partial charge in [0.2, 0.25) is 0 Å². The van der Waals surface area contributed by atoms with E-state index < -0.39 is 17.3 Å². The molecule has 1 atom stereocenters. The highest BCUT2D eigenvalue weighted by Gasteiger charge is 2.31. The van der Waals surface area contributed by atoms with E-state index in [4.69, 9.17) is 0 Å². The summed E-state index contributed by atoms with van der Waals surface area (Å²) in [6.45, 7) is 1.56. The fraction of sp³-hybridized carbons (Fsp3) is 0.385. The second-order valence-corrected chi connectivity index (χ2v) is 4.87. The molecule has 1 fully saturated rings. The van der Waals surface area contributed by atoms with Gasteiger partial charge in [0, 0.05) is 12.5 Å². The van der Waals surface area contributed by atoms with Crippen LogP contribution < -0.4 is 10.9 Å². The van der Waals surface area contributed by atoms with Crippen molar-refractivity contribution in [3.63, 3.8) is 0 Å². The van der Waals surface area contributed by atoms with E-state index in [-0.39, 0.29) is 11.3 Å². The Morgan fingerprint density at radius 3 is 2.75 bits per heavy atom. The minimum Gasteiger partial charge on any atom is -0.316 e. The number of nitrogens with one attached hydrogen (secondary N) is 2. The molecule has 2 heterocycles. The molecule has 0 radical (unpaired) electrons.